The summed E-state index contributed by atoms with van der Waals surface area (Å²) in [6.07, 6.45) is 1.07. The van der Waals surface area contributed by atoms with E-state index >= 15 is 0 Å². The van der Waals surface area contributed by atoms with E-state index in [-0.39, 0.29) is 5.91 Å². The minimum Gasteiger partial charge on any atom is -0.444 e. The van der Waals surface area contributed by atoms with Crippen molar-refractivity contribution in [2.24, 2.45) is 0 Å². The van der Waals surface area contributed by atoms with Gasteiger partial charge in [-0.2, -0.15) is 0 Å². The van der Waals surface area contributed by atoms with Gasteiger partial charge in [0.25, 0.3) is 5.91 Å². The largest absolute Gasteiger partial charge is 0.444 e. The molecule has 1 fully saturated rings. The van der Waals surface area contributed by atoms with Gasteiger partial charge in [-0.25, -0.2) is 4.79 Å². The van der Waals surface area contributed by atoms with E-state index < -0.39 is 12.1 Å². The van der Waals surface area contributed by atoms with Crippen LogP contribution in [-0.4, -0.2) is 29.9 Å². The Balaban J connectivity index is 1.86. The first-order valence-corrected chi connectivity index (χ1v) is 8.75. The van der Waals surface area contributed by atoms with Crippen LogP contribution in [0.4, 0.5) is 0 Å². The van der Waals surface area contributed by atoms with Crippen LogP contribution in [0.3, 0.4) is 0 Å². The van der Waals surface area contributed by atoms with Crippen molar-refractivity contribution in [2.45, 2.75) is 18.9 Å². The van der Waals surface area contributed by atoms with Gasteiger partial charge in [0, 0.05) is 23.1 Å². The number of amides is 1. The first kappa shape index (κ1) is 16.7. The molecule has 0 unspecified atom stereocenters. The van der Waals surface area contributed by atoms with E-state index in [0.29, 0.717) is 15.6 Å². The topological polar surface area (TPSA) is 46.6 Å². The zero-order valence-electron chi connectivity index (χ0n) is 13.2. The number of hydrogen-bond acceptors (Lipinski definition) is 3. The SMILES string of the molecule is O=C(O[C@H](C(=O)N1CCCC1)c1ccccc1)c1ccccc1Br. The van der Waals surface area contributed by atoms with Crippen molar-refractivity contribution in [1.82, 2.24) is 4.90 Å². The maximum atomic E-state index is 12.8. The van der Waals surface area contributed by atoms with Gasteiger partial charge in [0.05, 0.1) is 5.56 Å². The van der Waals surface area contributed by atoms with E-state index in [1.54, 1.807) is 23.1 Å². The highest BCUT2D eigenvalue weighted by Gasteiger charge is 2.31. The van der Waals surface area contributed by atoms with Crippen molar-refractivity contribution in [3.05, 3.63) is 70.2 Å². The second-order valence-electron chi connectivity index (χ2n) is 5.71. The van der Waals surface area contributed by atoms with Gasteiger partial charge in [-0.15, -0.1) is 0 Å². The Morgan fingerprint density at radius 2 is 1.58 bits per heavy atom. The molecule has 1 aliphatic heterocycles. The molecule has 24 heavy (non-hydrogen) atoms. The Kier molecular flexibility index (Phi) is 5.30. The fourth-order valence-corrected chi connectivity index (χ4v) is 3.24. The summed E-state index contributed by atoms with van der Waals surface area (Å²) in [5, 5.41) is 0. The van der Waals surface area contributed by atoms with Crippen LogP contribution in [0.5, 0.6) is 0 Å². The molecular formula is C19H18BrNO3. The highest BCUT2D eigenvalue weighted by Crippen LogP contribution is 2.26. The third-order valence-corrected chi connectivity index (χ3v) is 4.75. The van der Waals surface area contributed by atoms with Crippen molar-refractivity contribution in [3.8, 4) is 0 Å². The number of hydrogen-bond donors (Lipinski definition) is 0. The first-order chi connectivity index (χ1) is 11.7. The van der Waals surface area contributed by atoms with Gasteiger partial charge in [0.1, 0.15) is 0 Å². The maximum absolute atomic E-state index is 12.8. The Hall–Kier alpha value is -2.14. The molecule has 3 rings (SSSR count). The lowest BCUT2D eigenvalue weighted by atomic mass is 10.1. The molecule has 1 atom stereocenters. The van der Waals surface area contributed by atoms with Gasteiger partial charge >= 0.3 is 5.97 Å². The van der Waals surface area contributed by atoms with Crippen molar-refractivity contribution >= 4 is 27.8 Å². The van der Waals surface area contributed by atoms with E-state index in [2.05, 4.69) is 15.9 Å². The quantitative estimate of drug-likeness (QED) is 0.745. The van der Waals surface area contributed by atoms with Gasteiger partial charge in [-0.3, -0.25) is 4.79 Å². The number of nitrogens with zero attached hydrogens (tertiary/aromatic N) is 1. The molecule has 1 saturated heterocycles. The second-order valence-corrected chi connectivity index (χ2v) is 6.56. The van der Waals surface area contributed by atoms with Gasteiger partial charge in [0.2, 0.25) is 6.10 Å². The summed E-state index contributed by atoms with van der Waals surface area (Å²) in [6, 6.07) is 16.2. The number of ether oxygens (including phenoxy) is 1. The van der Waals surface area contributed by atoms with Crippen LogP contribution in [-0.2, 0) is 9.53 Å². The van der Waals surface area contributed by atoms with Crippen LogP contribution in [0.25, 0.3) is 0 Å². The summed E-state index contributed by atoms with van der Waals surface area (Å²) in [6.45, 7) is 1.43. The second kappa shape index (κ2) is 7.62. The lowest BCUT2D eigenvalue weighted by molar-refractivity contribution is -0.140. The van der Waals surface area contributed by atoms with E-state index in [1.807, 2.05) is 36.4 Å². The van der Waals surface area contributed by atoms with E-state index in [1.165, 1.54) is 0 Å². The zero-order chi connectivity index (χ0) is 16.9. The van der Waals surface area contributed by atoms with Crippen molar-refractivity contribution in [2.75, 3.05) is 13.1 Å². The van der Waals surface area contributed by atoms with Crippen LogP contribution in [0, 0.1) is 0 Å². The summed E-state index contributed by atoms with van der Waals surface area (Å²) < 4.78 is 6.27. The fraction of sp³-hybridized carbons (Fsp3) is 0.263. The minimum atomic E-state index is -0.913. The van der Waals surface area contributed by atoms with Gasteiger partial charge < -0.3 is 9.64 Å². The van der Waals surface area contributed by atoms with E-state index in [9.17, 15) is 9.59 Å². The van der Waals surface area contributed by atoms with Crippen molar-refractivity contribution < 1.29 is 14.3 Å². The number of rotatable bonds is 4. The predicted molar refractivity (Wildman–Crippen MR) is 94.6 cm³/mol. The van der Waals surface area contributed by atoms with Crippen LogP contribution < -0.4 is 0 Å². The fourth-order valence-electron chi connectivity index (χ4n) is 2.79. The third-order valence-electron chi connectivity index (χ3n) is 4.06. The highest BCUT2D eigenvalue weighted by molar-refractivity contribution is 9.10. The third kappa shape index (κ3) is 3.67. The summed E-state index contributed by atoms with van der Waals surface area (Å²) in [5.74, 6) is -0.664. The van der Waals surface area contributed by atoms with Crippen molar-refractivity contribution in [3.63, 3.8) is 0 Å². The summed E-state index contributed by atoms with van der Waals surface area (Å²) in [4.78, 5) is 27.1. The number of carbonyl (C=O) groups excluding carboxylic acids is 2. The van der Waals surface area contributed by atoms with E-state index in [4.69, 9.17) is 4.74 Å². The number of benzene rings is 2. The summed E-state index contributed by atoms with van der Waals surface area (Å²) in [7, 11) is 0. The molecule has 2 aromatic carbocycles. The molecule has 0 bridgehead atoms. The average Bonchev–Trinajstić information content (AvgIpc) is 3.15. The average molecular weight is 388 g/mol. The number of likely N-dealkylation sites (tertiary alicyclic amines) is 1. The number of halogens is 1. The van der Waals surface area contributed by atoms with Crippen molar-refractivity contribution in [1.29, 1.82) is 0 Å². The predicted octanol–water partition coefficient (Wildman–Crippen LogP) is 3.97. The normalized spacial score (nSPS) is 15.1. The molecule has 0 aliphatic carbocycles. The van der Waals surface area contributed by atoms with Gasteiger partial charge in [-0.05, 0) is 40.9 Å². The molecule has 1 amide bonds. The van der Waals surface area contributed by atoms with Gasteiger partial charge in [0.15, 0.2) is 0 Å². The van der Waals surface area contributed by atoms with Crippen LogP contribution in [0.15, 0.2) is 59.1 Å². The molecule has 0 radical (unpaired) electrons. The molecule has 4 nitrogen and oxygen atoms in total. The number of esters is 1. The highest BCUT2D eigenvalue weighted by atomic mass is 79.9. The lowest BCUT2D eigenvalue weighted by Crippen LogP contribution is -2.34. The summed E-state index contributed by atoms with van der Waals surface area (Å²) in [5.41, 5.74) is 1.10. The molecule has 0 N–H and O–H groups in total. The molecule has 5 heteroatoms. The van der Waals surface area contributed by atoms with E-state index in [0.717, 1.165) is 25.9 Å². The Morgan fingerprint density at radius 3 is 2.25 bits per heavy atom. The number of carbonyl (C=O) groups is 2. The molecular weight excluding hydrogens is 370 g/mol. The van der Waals surface area contributed by atoms with Crippen LogP contribution >= 0.6 is 15.9 Å². The molecule has 0 spiro atoms. The first-order valence-electron chi connectivity index (χ1n) is 7.96. The molecule has 0 saturated carbocycles. The van der Waals surface area contributed by atoms with Gasteiger partial charge in [-0.1, -0.05) is 42.5 Å². The molecule has 0 aromatic heterocycles. The maximum Gasteiger partial charge on any atom is 0.340 e. The molecule has 2 aromatic rings. The lowest BCUT2D eigenvalue weighted by Gasteiger charge is -2.23. The molecule has 1 heterocycles. The van der Waals surface area contributed by atoms with Crippen LogP contribution in [0.2, 0.25) is 0 Å². The Bertz CT molecular complexity index is 726. The molecule has 1 aliphatic rings. The monoisotopic (exact) mass is 387 g/mol. The molecule has 124 valence electrons. The van der Waals surface area contributed by atoms with Crippen LogP contribution in [0.1, 0.15) is 34.9 Å². The smallest absolute Gasteiger partial charge is 0.340 e. The minimum absolute atomic E-state index is 0.154. The Morgan fingerprint density at radius 1 is 0.958 bits per heavy atom. The zero-order valence-corrected chi connectivity index (χ0v) is 14.7. The summed E-state index contributed by atoms with van der Waals surface area (Å²) >= 11 is 3.35. The standard InChI is InChI=1S/C19H18BrNO3/c20-16-11-5-4-10-15(16)19(23)24-17(14-8-2-1-3-9-14)18(22)21-12-6-7-13-21/h1-5,8-11,17H,6-7,12-13H2/t17-/m0/s1. The Labute approximate surface area is 149 Å².